The highest BCUT2D eigenvalue weighted by molar-refractivity contribution is 5.89. The minimum absolute atomic E-state index is 0.0241. The number of carbonyl (C=O) groups excluding carboxylic acids is 2. The van der Waals surface area contributed by atoms with Crippen molar-refractivity contribution in [1.82, 2.24) is 10.6 Å². The zero-order chi connectivity index (χ0) is 20.4. The third-order valence-corrected chi connectivity index (χ3v) is 3.70. The highest BCUT2D eigenvalue weighted by atomic mass is 16.5. The van der Waals surface area contributed by atoms with Gasteiger partial charge in [-0.3, -0.25) is 9.59 Å². The van der Waals surface area contributed by atoms with Gasteiger partial charge in [-0.05, 0) is 17.9 Å². The molecule has 9 heteroatoms. The highest BCUT2D eigenvalue weighted by Gasteiger charge is 2.29. The Bertz CT molecular complexity index is 661. The lowest BCUT2D eigenvalue weighted by Gasteiger charge is -2.22. The number of hydrogen-bond donors (Lipinski definition) is 4. The molecule has 1 aromatic rings. The molecule has 0 fully saturated rings. The summed E-state index contributed by atoms with van der Waals surface area (Å²) in [7, 11) is 0. The summed E-state index contributed by atoms with van der Waals surface area (Å²) in [5.74, 6) is -3.54. The number of alkyl carbamates (subject to hydrolysis) is 1. The van der Waals surface area contributed by atoms with Gasteiger partial charge < -0.3 is 25.6 Å². The molecule has 0 aliphatic heterocycles. The van der Waals surface area contributed by atoms with Crippen LogP contribution in [0.4, 0.5) is 4.79 Å². The molecule has 0 spiro atoms. The van der Waals surface area contributed by atoms with Gasteiger partial charge in [0.1, 0.15) is 18.7 Å². The van der Waals surface area contributed by atoms with Crippen LogP contribution in [0.1, 0.15) is 32.3 Å². The van der Waals surface area contributed by atoms with Crippen molar-refractivity contribution >= 4 is 23.9 Å². The summed E-state index contributed by atoms with van der Waals surface area (Å²) in [6.45, 7) is 3.21. The Morgan fingerprint density at radius 2 is 1.67 bits per heavy atom. The molecule has 0 aromatic heterocycles. The van der Waals surface area contributed by atoms with Crippen molar-refractivity contribution in [2.75, 3.05) is 0 Å². The summed E-state index contributed by atoms with van der Waals surface area (Å²) in [4.78, 5) is 46.3. The molecule has 1 rings (SSSR count). The molecular weight excluding hydrogens is 356 g/mol. The average molecular weight is 380 g/mol. The average Bonchev–Trinajstić information content (AvgIpc) is 2.61. The van der Waals surface area contributed by atoms with Crippen LogP contribution in [0.15, 0.2) is 30.3 Å². The maximum absolute atomic E-state index is 12.3. The molecule has 0 radical (unpaired) electrons. The van der Waals surface area contributed by atoms with Crippen molar-refractivity contribution in [2.24, 2.45) is 5.92 Å². The van der Waals surface area contributed by atoms with Gasteiger partial charge in [-0.1, -0.05) is 44.2 Å². The van der Waals surface area contributed by atoms with E-state index >= 15 is 0 Å². The summed E-state index contributed by atoms with van der Waals surface area (Å²) in [6.07, 6.45) is -1.48. The molecule has 2 atom stereocenters. The molecule has 1 aromatic carbocycles. The van der Waals surface area contributed by atoms with Gasteiger partial charge in [0.05, 0.1) is 0 Å². The molecule has 0 aliphatic rings. The van der Waals surface area contributed by atoms with Gasteiger partial charge >= 0.3 is 18.0 Å². The lowest BCUT2D eigenvalue weighted by Crippen LogP contribution is -2.53. The summed E-state index contributed by atoms with van der Waals surface area (Å²) in [6, 6.07) is 6.47. The summed E-state index contributed by atoms with van der Waals surface area (Å²) >= 11 is 0. The number of ether oxygens (including phenoxy) is 1. The predicted octanol–water partition coefficient (Wildman–Crippen LogP) is 1.37. The van der Waals surface area contributed by atoms with E-state index in [0.29, 0.717) is 0 Å². The number of hydrogen-bond acceptors (Lipinski definition) is 5. The van der Waals surface area contributed by atoms with Crippen LogP contribution in [-0.2, 0) is 25.7 Å². The zero-order valence-electron chi connectivity index (χ0n) is 15.2. The van der Waals surface area contributed by atoms with E-state index in [1.54, 1.807) is 38.1 Å². The Balaban J connectivity index is 2.71. The normalized spacial score (nSPS) is 12.7. The second-order valence-electron chi connectivity index (χ2n) is 6.26. The summed E-state index contributed by atoms with van der Waals surface area (Å²) < 4.78 is 5.02. The first kappa shape index (κ1) is 21.9. The fraction of sp³-hybridized carbons (Fsp3) is 0.444. The van der Waals surface area contributed by atoms with Gasteiger partial charge in [-0.25, -0.2) is 9.59 Å². The van der Waals surface area contributed by atoms with Crippen LogP contribution in [0.2, 0.25) is 0 Å². The number of amides is 2. The van der Waals surface area contributed by atoms with Crippen molar-refractivity contribution in [2.45, 2.75) is 45.4 Å². The van der Waals surface area contributed by atoms with E-state index < -0.39 is 41.9 Å². The molecule has 27 heavy (non-hydrogen) atoms. The van der Waals surface area contributed by atoms with Crippen LogP contribution in [0.25, 0.3) is 0 Å². The maximum atomic E-state index is 12.3. The number of benzene rings is 1. The minimum atomic E-state index is -1.23. The van der Waals surface area contributed by atoms with Crippen LogP contribution in [0.3, 0.4) is 0 Å². The smallest absolute Gasteiger partial charge is 0.408 e. The van der Waals surface area contributed by atoms with Crippen molar-refractivity contribution in [1.29, 1.82) is 0 Å². The quantitative estimate of drug-likeness (QED) is 0.480. The van der Waals surface area contributed by atoms with E-state index in [9.17, 15) is 19.2 Å². The molecule has 0 aliphatic carbocycles. The standard InChI is InChI=1S/C18H24N2O7/c1-11(2)15(17(24)25)20-16(23)13(8-9-14(21)22)19-18(26)27-10-12-6-4-3-5-7-12/h3-7,11,13,15H,8-10H2,1-2H3,(H,19,26)(H,20,23)(H,21,22)(H,24,25)/t13-,15+/m0/s1. The SMILES string of the molecule is CC(C)[C@@H](NC(=O)[C@H](CCC(=O)O)NC(=O)OCc1ccccc1)C(=O)O. The van der Waals surface area contributed by atoms with E-state index in [1.807, 2.05) is 6.07 Å². The second-order valence-corrected chi connectivity index (χ2v) is 6.26. The molecule has 4 N–H and O–H groups in total. The summed E-state index contributed by atoms with van der Waals surface area (Å²) in [5, 5.41) is 22.6. The van der Waals surface area contributed by atoms with Crippen molar-refractivity contribution in [3.63, 3.8) is 0 Å². The van der Waals surface area contributed by atoms with Crippen molar-refractivity contribution in [3.8, 4) is 0 Å². The van der Waals surface area contributed by atoms with Gasteiger partial charge in [-0.15, -0.1) is 0 Å². The molecule has 148 valence electrons. The number of carboxylic acid groups (broad SMARTS) is 2. The zero-order valence-corrected chi connectivity index (χ0v) is 15.2. The number of nitrogens with one attached hydrogen (secondary N) is 2. The first-order valence-corrected chi connectivity index (χ1v) is 8.43. The molecule has 0 saturated heterocycles. The second kappa shape index (κ2) is 10.8. The highest BCUT2D eigenvalue weighted by Crippen LogP contribution is 2.06. The predicted molar refractivity (Wildman–Crippen MR) is 94.8 cm³/mol. The minimum Gasteiger partial charge on any atom is -0.481 e. The molecule has 9 nitrogen and oxygen atoms in total. The van der Waals surface area contributed by atoms with Crippen molar-refractivity contribution < 1.29 is 34.1 Å². The number of aliphatic carboxylic acids is 2. The monoisotopic (exact) mass is 380 g/mol. The van der Waals surface area contributed by atoms with Gasteiger partial charge in [0.25, 0.3) is 0 Å². The molecular formula is C18H24N2O7. The summed E-state index contributed by atoms with van der Waals surface area (Å²) in [5.41, 5.74) is 0.741. The van der Waals surface area contributed by atoms with E-state index in [1.165, 1.54) is 0 Å². The van der Waals surface area contributed by atoms with Crippen LogP contribution in [0.5, 0.6) is 0 Å². The molecule has 0 heterocycles. The molecule has 0 bridgehead atoms. The fourth-order valence-electron chi connectivity index (χ4n) is 2.21. The van der Waals surface area contributed by atoms with E-state index in [-0.39, 0.29) is 19.4 Å². The van der Waals surface area contributed by atoms with E-state index in [0.717, 1.165) is 5.56 Å². The van der Waals surface area contributed by atoms with Gasteiger partial charge in [-0.2, -0.15) is 0 Å². The lowest BCUT2D eigenvalue weighted by molar-refractivity contribution is -0.143. The Labute approximate surface area is 156 Å². The number of carboxylic acids is 2. The topological polar surface area (TPSA) is 142 Å². The van der Waals surface area contributed by atoms with Gasteiger partial charge in [0.15, 0.2) is 0 Å². The lowest BCUT2D eigenvalue weighted by atomic mass is 10.0. The maximum Gasteiger partial charge on any atom is 0.408 e. The largest absolute Gasteiger partial charge is 0.481 e. The Kier molecular flexibility index (Phi) is 8.77. The Hall–Kier alpha value is -3.10. The van der Waals surface area contributed by atoms with E-state index in [4.69, 9.17) is 14.9 Å². The van der Waals surface area contributed by atoms with Crippen LogP contribution in [0, 0.1) is 5.92 Å². The molecule has 0 unspecified atom stereocenters. The number of carbonyl (C=O) groups is 4. The van der Waals surface area contributed by atoms with Crippen LogP contribution < -0.4 is 10.6 Å². The fourth-order valence-corrected chi connectivity index (χ4v) is 2.21. The van der Waals surface area contributed by atoms with Crippen LogP contribution in [-0.4, -0.2) is 46.2 Å². The van der Waals surface area contributed by atoms with Gasteiger partial charge in [0, 0.05) is 6.42 Å². The van der Waals surface area contributed by atoms with Gasteiger partial charge in [0.2, 0.25) is 5.91 Å². The van der Waals surface area contributed by atoms with Crippen LogP contribution >= 0.6 is 0 Å². The Morgan fingerprint density at radius 1 is 1.04 bits per heavy atom. The number of rotatable bonds is 10. The first-order valence-electron chi connectivity index (χ1n) is 8.43. The van der Waals surface area contributed by atoms with Crippen molar-refractivity contribution in [3.05, 3.63) is 35.9 Å². The molecule has 0 saturated carbocycles. The Morgan fingerprint density at radius 3 is 2.19 bits per heavy atom. The van der Waals surface area contributed by atoms with E-state index in [2.05, 4.69) is 10.6 Å². The first-order chi connectivity index (χ1) is 12.7. The third kappa shape index (κ3) is 8.21. The third-order valence-electron chi connectivity index (χ3n) is 3.70. The molecule has 2 amide bonds.